The Labute approximate surface area is 82.8 Å². The van der Waals surface area contributed by atoms with Crippen LogP contribution in [0.4, 0.5) is 0 Å². The summed E-state index contributed by atoms with van der Waals surface area (Å²) >= 11 is 5.94. The minimum absolute atomic E-state index is 0.648. The molecule has 1 N–H and O–H groups in total. The Kier molecular flexibility index (Phi) is 4.21. The lowest BCUT2D eigenvalue weighted by atomic mass is 10.4. The van der Waals surface area contributed by atoms with Gasteiger partial charge in [-0.3, -0.25) is 4.68 Å². The SMILES string of the molecule is CNCc1c(Cl)cnn1CCOC. The Morgan fingerprint density at radius 3 is 3.08 bits per heavy atom. The van der Waals surface area contributed by atoms with Crippen LogP contribution in [-0.2, 0) is 17.8 Å². The van der Waals surface area contributed by atoms with Gasteiger partial charge in [0.1, 0.15) is 0 Å². The van der Waals surface area contributed by atoms with Crippen molar-refractivity contribution in [3.8, 4) is 0 Å². The zero-order chi connectivity index (χ0) is 9.68. The minimum atomic E-state index is 0.648. The van der Waals surface area contributed by atoms with Crippen LogP contribution < -0.4 is 5.32 Å². The van der Waals surface area contributed by atoms with Crippen LogP contribution in [0.3, 0.4) is 0 Å². The molecule has 13 heavy (non-hydrogen) atoms. The highest BCUT2D eigenvalue weighted by Crippen LogP contribution is 2.14. The second kappa shape index (κ2) is 5.21. The van der Waals surface area contributed by atoms with Crippen molar-refractivity contribution < 1.29 is 4.74 Å². The van der Waals surface area contributed by atoms with Crippen LogP contribution in [0, 0.1) is 0 Å². The van der Waals surface area contributed by atoms with Gasteiger partial charge in [-0.25, -0.2) is 0 Å². The molecule has 5 heteroatoms. The highest BCUT2D eigenvalue weighted by atomic mass is 35.5. The van der Waals surface area contributed by atoms with E-state index in [4.69, 9.17) is 16.3 Å². The molecule has 1 aromatic rings. The molecule has 0 aliphatic carbocycles. The van der Waals surface area contributed by atoms with Gasteiger partial charge < -0.3 is 10.1 Å². The molecule has 0 atom stereocenters. The van der Waals surface area contributed by atoms with E-state index in [1.807, 2.05) is 11.7 Å². The van der Waals surface area contributed by atoms with Crippen molar-refractivity contribution in [3.63, 3.8) is 0 Å². The summed E-state index contributed by atoms with van der Waals surface area (Å²) in [5.41, 5.74) is 1.00. The maximum Gasteiger partial charge on any atom is 0.0831 e. The predicted molar refractivity (Wildman–Crippen MR) is 51.9 cm³/mol. The van der Waals surface area contributed by atoms with Gasteiger partial charge in [-0.05, 0) is 7.05 Å². The third kappa shape index (κ3) is 2.69. The first-order chi connectivity index (χ1) is 6.29. The monoisotopic (exact) mass is 203 g/mol. The number of nitrogens with one attached hydrogen (secondary N) is 1. The molecule has 1 heterocycles. The average molecular weight is 204 g/mol. The topological polar surface area (TPSA) is 39.1 Å². The lowest BCUT2D eigenvalue weighted by Gasteiger charge is -2.06. The van der Waals surface area contributed by atoms with E-state index in [1.165, 1.54) is 0 Å². The van der Waals surface area contributed by atoms with E-state index in [9.17, 15) is 0 Å². The highest BCUT2D eigenvalue weighted by Gasteiger charge is 2.06. The van der Waals surface area contributed by atoms with Gasteiger partial charge in [-0.2, -0.15) is 5.10 Å². The molecule has 0 aliphatic heterocycles. The van der Waals surface area contributed by atoms with E-state index in [-0.39, 0.29) is 0 Å². The van der Waals surface area contributed by atoms with Crippen LogP contribution in [-0.4, -0.2) is 30.5 Å². The van der Waals surface area contributed by atoms with Crippen LogP contribution in [0.1, 0.15) is 5.69 Å². The first-order valence-electron chi connectivity index (χ1n) is 4.13. The zero-order valence-corrected chi connectivity index (χ0v) is 8.64. The van der Waals surface area contributed by atoms with Crippen molar-refractivity contribution in [2.75, 3.05) is 20.8 Å². The van der Waals surface area contributed by atoms with Gasteiger partial charge >= 0.3 is 0 Å². The molecule has 1 rings (SSSR count). The molecule has 1 aromatic heterocycles. The first kappa shape index (κ1) is 10.5. The largest absolute Gasteiger partial charge is 0.383 e. The smallest absolute Gasteiger partial charge is 0.0831 e. The summed E-state index contributed by atoms with van der Waals surface area (Å²) in [5, 5.41) is 7.88. The van der Waals surface area contributed by atoms with Crippen molar-refractivity contribution in [1.82, 2.24) is 15.1 Å². The van der Waals surface area contributed by atoms with Crippen LogP contribution >= 0.6 is 11.6 Å². The van der Waals surface area contributed by atoms with E-state index in [0.717, 1.165) is 18.8 Å². The molecule has 0 unspecified atom stereocenters. The Bertz CT molecular complexity index is 262. The Hall–Kier alpha value is -0.580. The number of ether oxygens (including phenoxy) is 1. The number of hydrogen-bond acceptors (Lipinski definition) is 3. The number of nitrogens with zero attached hydrogens (tertiary/aromatic N) is 2. The van der Waals surface area contributed by atoms with E-state index in [1.54, 1.807) is 13.3 Å². The number of aromatic nitrogens is 2. The molecule has 0 aliphatic rings. The Morgan fingerprint density at radius 1 is 1.69 bits per heavy atom. The van der Waals surface area contributed by atoms with Crippen molar-refractivity contribution in [2.45, 2.75) is 13.1 Å². The fraction of sp³-hybridized carbons (Fsp3) is 0.625. The van der Waals surface area contributed by atoms with Crippen molar-refractivity contribution in [3.05, 3.63) is 16.9 Å². The molecular weight excluding hydrogens is 190 g/mol. The van der Waals surface area contributed by atoms with Crippen LogP contribution in [0.25, 0.3) is 0 Å². The molecule has 0 fully saturated rings. The van der Waals surface area contributed by atoms with Crippen LogP contribution in [0.2, 0.25) is 5.02 Å². The van der Waals surface area contributed by atoms with Crippen LogP contribution in [0.5, 0.6) is 0 Å². The molecule has 0 radical (unpaired) electrons. The fourth-order valence-electron chi connectivity index (χ4n) is 1.10. The summed E-state index contributed by atoms with van der Waals surface area (Å²) in [6, 6.07) is 0. The van der Waals surface area contributed by atoms with E-state index >= 15 is 0 Å². The summed E-state index contributed by atoms with van der Waals surface area (Å²) < 4.78 is 6.81. The summed E-state index contributed by atoms with van der Waals surface area (Å²) in [6.45, 7) is 2.11. The predicted octanol–water partition coefficient (Wildman–Crippen LogP) is 0.902. The van der Waals surface area contributed by atoms with E-state index in [2.05, 4.69) is 10.4 Å². The van der Waals surface area contributed by atoms with Crippen LogP contribution in [0.15, 0.2) is 6.20 Å². The van der Waals surface area contributed by atoms with Gasteiger partial charge in [0.25, 0.3) is 0 Å². The minimum Gasteiger partial charge on any atom is -0.383 e. The second-order valence-electron chi connectivity index (χ2n) is 2.69. The maximum absolute atomic E-state index is 5.94. The molecule has 0 saturated heterocycles. The van der Waals surface area contributed by atoms with E-state index in [0.29, 0.717) is 11.6 Å². The first-order valence-corrected chi connectivity index (χ1v) is 4.51. The number of hydrogen-bond donors (Lipinski definition) is 1. The van der Waals surface area contributed by atoms with Crippen molar-refractivity contribution in [1.29, 1.82) is 0 Å². The van der Waals surface area contributed by atoms with Crippen molar-refractivity contribution >= 4 is 11.6 Å². The van der Waals surface area contributed by atoms with E-state index < -0.39 is 0 Å². The average Bonchev–Trinajstić information content (AvgIpc) is 2.46. The summed E-state index contributed by atoms with van der Waals surface area (Å²) in [7, 11) is 3.55. The Morgan fingerprint density at radius 2 is 2.46 bits per heavy atom. The maximum atomic E-state index is 5.94. The fourth-order valence-corrected chi connectivity index (χ4v) is 1.31. The molecule has 0 amide bonds. The van der Waals surface area contributed by atoms with Gasteiger partial charge in [0.2, 0.25) is 0 Å². The normalized spacial score (nSPS) is 10.7. The molecular formula is C8H14ClN3O. The van der Waals surface area contributed by atoms with Gasteiger partial charge in [0.05, 0.1) is 30.1 Å². The molecule has 74 valence electrons. The summed E-state index contributed by atoms with van der Waals surface area (Å²) in [5.74, 6) is 0. The molecule has 4 nitrogen and oxygen atoms in total. The number of halogens is 1. The van der Waals surface area contributed by atoms with Gasteiger partial charge in [0.15, 0.2) is 0 Å². The summed E-state index contributed by atoms with van der Waals surface area (Å²) in [4.78, 5) is 0. The number of rotatable bonds is 5. The van der Waals surface area contributed by atoms with Gasteiger partial charge in [-0.1, -0.05) is 11.6 Å². The number of methoxy groups -OCH3 is 1. The molecule has 0 spiro atoms. The lowest BCUT2D eigenvalue weighted by molar-refractivity contribution is 0.182. The second-order valence-corrected chi connectivity index (χ2v) is 3.09. The standard InChI is InChI=1S/C8H14ClN3O/c1-10-6-8-7(9)5-11-12(8)3-4-13-2/h5,10H,3-4,6H2,1-2H3. The van der Waals surface area contributed by atoms with Gasteiger partial charge in [-0.15, -0.1) is 0 Å². The Balaban J connectivity index is 2.68. The van der Waals surface area contributed by atoms with Crippen molar-refractivity contribution in [2.24, 2.45) is 0 Å². The van der Waals surface area contributed by atoms with Gasteiger partial charge in [0, 0.05) is 13.7 Å². The third-order valence-corrected chi connectivity index (χ3v) is 2.06. The molecule has 0 aromatic carbocycles. The zero-order valence-electron chi connectivity index (χ0n) is 7.88. The highest BCUT2D eigenvalue weighted by molar-refractivity contribution is 6.31. The molecule has 0 bridgehead atoms. The summed E-state index contributed by atoms with van der Waals surface area (Å²) in [6.07, 6.45) is 1.66. The third-order valence-electron chi connectivity index (χ3n) is 1.75. The quantitative estimate of drug-likeness (QED) is 0.773. The molecule has 0 saturated carbocycles. The lowest BCUT2D eigenvalue weighted by Crippen LogP contribution is -2.14.